The number of amides is 1. The van der Waals surface area contributed by atoms with Crippen molar-refractivity contribution in [1.29, 1.82) is 0 Å². The zero-order valence-electron chi connectivity index (χ0n) is 19.4. The number of ether oxygens (including phenoxy) is 3. The van der Waals surface area contributed by atoms with E-state index in [1.54, 1.807) is 7.11 Å². The number of rotatable bonds is 3. The summed E-state index contributed by atoms with van der Waals surface area (Å²) in [7, 11) is 3.83. The summed E-state index contributed by atoms with van der Waals surface area (Å²) in [6.45, 7) is 1.85. The first-order chi connectivity index (χ1) is 16.6. The third-order valence-electron chi connectivity index (χ3n) is 7.41. The molecule has 174 valence electrons. The lowest BCUT2D eigenvalue weighted by Crippen LogP contribution is -2.44. The number of methoxy groups -OCH3 is 1. The van der Waals surface area contributed by atoms with Crippen molar-refractivity contribution < 1.29 is 19.0 Å². The largest absolute Gasteiger partial charge is 0.493 e. The highest BCUT2D eigenvalue weighted by atomic mass is 16.6. The maximum atomic E-state index is 12.8. The second kappa shape index (κ2) is 8.06. The number of carbonyl (C=O) groups is 1. The highest BCUT2D eigenvalue weighted by Crippen LogP contribution is 2.55. The molecule has 34 heavy (non-hydrogen) atoms. The summed E-state index contributed by atoms with van der Waals surface area (Å²) in [5.74, 6) is 1.60. The summed E-state index contributed by atoms with van der Waals surface area (Å²) in [6.07, 6.45) is 4.86. The Balaban J connectivity index is 1.25. The minimum Gasteiger partial charge on any atom is -0.493 e. The highest BCUT2D eigenvalue weighted by molar-refractivity contribution is 6.00. The van der Waals surface area contributed by atoms with Gasteiger partial charge in [-0.3, -0.25) is 5.32 Å². The third-order valence-corrected chi connectivity index (χ3v) is 7.41. The minimum atomic E-state index is -0.462. The molecule has 2 heterocycles. The molecule has 6 rings (SSSR count). The van der Waals surface area contributed by atoms with Gasteiger partial charge in [-0.15, -0.1) is 0 Å². The topological polar surface area (TPSA) is 60.0 Å². The van der Waals surface area contributed by atoms with E-state index in [0.717, 1.165) is 47.5 Å². The van der Waals surface area contributed by atoms with E-state index < -0.39 is 6.09 Å². The predicted octanol–water partition coefficient (Wildman–Crippen LogP) is 5.26. The fraction of sp³-hybridized carbons (Fsp3) is 0.321. The van der Waals surface area contributed by atoms with Gasteiger partial charge in [-0.25, -0.2) is 4.79 Å². The smallest absolute Gasteiger partial charge is 0.412 e. The van der Waals surface area contributed by atoms with Crippen molar-refractivity contribution in [3.05, 3.63) is 77.9 Å². The molecule has 6 heteroatoms. The van der Waals surface area contributed by atoms with Crippen LogP contribution in [0.2, 0.25) is 0 Å². The van der Waals surface area contributed by atoms with Crippen molar-refractivity contribution in [2.45, 2.75) is 37.0 Å². The fourth-order valence-electron chi connectivity index (χ4n) is 5.76. The number of benzene rings is 3. The van der Waals surface area contributed by atoms with Crippen molar-refractivity contribution in [1.82, 2.24) is 4.90 Å². The molecule has 0 saturated carbocycles. The Bertz CT molecular complexity index is 1300. The van der Waals surface area contributed by atoms with Crippen molar-refractivity contribution >= 4 is 22.6 Å². The van der Waals surface area contributed by atoms with Crippen molar-refractivity contribution in [3.63, 3.8) is 0 Å². The predicted molar refractivity (Wildman–Crippen MR) is 132 cm³/mol. The first kappa shape index (κ1) is 21.1. The van der Waals surface area contributed by atoms with Crippen LogP contribution in [0.25, 0.3) is 10.8 Å². The molecule has 1 amide bonds. The lowest BCUT2D eigenvalue weighted by atomic mass is 9.69. The van der Waals surface area contributed by atoms with Gasteiger partial charge in [0.15, 0.2) is 11.5 Å². The SMILES string of the molecule is COc1ccc2c3c1OC1CC(OC(=O)Nc4cccc5ccccc45)C=CC31CCN(C)C2. The van der Waals surface area contributed by atoms with Crippen LogP contribution in [0.5, 0.6) is 11.5 Å². The standard InChI is InChI=1S/C28H28N2O4/c1-30-15-14-28-13-12-20(16-24(28)34-26-23(32-2)11-10-19(17-30)25(26)28)33-27(31)29-22-9-5-7-18-6-3-4-8-21(18)22/h3-13,20,24H,14-17H2,1-2H3,(H,29,31). The van der Waals surface area contributed by atoms with Gasteiger partial charge in [-0.2, -0.15) is 0 Å². The van der Waals surface area contributed by atoms with Gasteiger partial charge in [0.05, 0.1) is 18.2 Å². The highest BCUT2D eigenvalue weighted by Gasteiger charge is 2.53. The molecule has 3 atom stereocenters. The Morgan fingerprint density at radius 1 is 1.15 bits per heavy atom. The number of carbonyl (C=O) groups excluding carboxylic acids is 1. The van der Waals surface area contributed by atoms with E-state index in [2.05, 4.69) is 29.4 Å². The fourth-order valence-corrected chi connectivity index (χ4v) is 5.76. The summed E-state index contributed by atoms with van der Waals surface area (Å²) >= 11 is 0. The molecular weight excluding hydrogens is 428 g/mol. The minimum absolute atomic E-state index is 0.107. The average molecular weight is 457 g/mol. The van der Waals surface area contributed by atoms with Gasteiger partial charge in [-0.05, 0) is 49.2 Å². The summed E-state index contributed by atoms with van der Waals surface area (Å²) in [5.41, 5.74) is 3.02. The van der Waals surface area contributed by atoms with Gasteiger partial charge in [-0.1, -0.05) is 48.5 Å². The van der Waals surface area contributed by atoms with Crippen LogP contribution < -0.4 is 14.8 Å². The Morgan fingerprint density at radius 2 is 2.00 bits per heavy atom. The molecule has 0 aromatic heterocycles. The zero-order chi connectivity index (χ0) is 23.3. The van der Waals surface area contributed by atoms with E-state index in [0.29, 0.717) is 6.42 Å². The van der Waals surface area contributed by atoms with Gasteiger partial charge < -0.3 is 19.1 Å². The van der Waals surface area contributed by atoms with Crippen LogP contribution in [0.4, 0.5) is 10.5 Å². The number of hydrogen-bond acceptors (Lipinski definition) is 5. The normalized spacial score (nSPS) is 25.1. The molecule has 1 spiro atoms. The van der Waals surface area contributed by atoms with Gasteiger partial charge in [0.1, 0.15) is 12.2 Å². The van der Waals surface area contributed by atoms with Crippen LogP contribution in [0, 0.1) is 0 Å². The molecule has 3 aromatic carbocycles. The van der Waals surface area contributed by atoms with Gasteiger partial charge in [0.25, 0.3) is 0 Å². The van der Waals surface area contributed by atoms with Gasteiger partial charge >= 0.3 is 6.09 Å². The van der Waals surface area contributed by atoms with Crippen molar-refractivity contribution in [2.24, 2.45) is 0 Å². The van der Waals surface area contributed by atoms with Gasteiger partial charge in [0, 0.05) is 23.9 Å². The molecule has 3 aromatic rings. The van der Waals surface area contributed by atoms with Crippen molar-refractivity contribution in [3.8, 4) is 11.5 Å². The van der Waals surface area contributed by atoms with E-state index in [-0.39, 0.29) is 17.6 Å². The summed E-state index contributed by atoms with van der Waals surface area (Å²) < 4.78 is 18.0. The summed E-state index contributed by atoms with van der Waals surface area (Å²) in [4.78, 5) is 15.2. The molecule has 1 aliphatic carbocycles. The Morgan fingerprint density at radius 3 is 2.88 bits per heavy atom. The quantitative estimate of drug-likeness (QED) is 0.545. The Labute approximate surface area is 199 Å². The van der Waals surface area contributed by atoms with Crippen molar-refractivity contribution in [2.75, 3.05) is 26.0 Å². The van der Waals surface area contributed by atoms with Crippen LogP contribution in [-0.2, 0) is 16.7 Å². The second-order valence-electron chi connectivity index (χ2n) is 9.46. The summed E-state index contributed by atoms with van der Waals surface area (Å²) in [6, 6.07) is 18.0. The summed E-state index contributed by atoms with van der Waals surface area (Å²) in [5, 5.41) is 4.98. The second-order valence-corrected chi connectivity index (χ2v) is 9.46. The van der Waals surface area contributed by atoms with Crippen LogP contribution in [-0.4, -0.2) is 43.9 Å². The lowest BCUT2D eigenvalue weighted by Gasteiger charge is -2.36. The molecule has 0 saturated heterocycles. The van der Waals surface area contributed by atoms with Crippen LogP contribution in [0.15, 0.2) is 66.7 Å². The molecule has 3 aliphatic rings. The first-order valence-corrected chi connectivity index (χ1v) is 11.8. The average Bonchev–Trinajstić information content (AvgIpc) is 3.10. The Hall–Kier alpha value is -3.51. The first-order valence-electron chi connectivity index (χ1n) is 11.8. The number of fused-ring (bicyclic) bond motifs is 1. The monoisotopic (exact) mass is 456 g/mol. The van der Waals surface area contributed by atoms with Crippen LogP contribution in [0.3, 0.4) is 0 Å². The molecule has 1 N–H and O–H groups in total. The van der Waals surface area contributed by atoms with Crippen LogP contribution >= 0.6 is 0 Å². The molecular formula is C28H28N2O4. The van der Waals surface area contributed by atoms with E-state index in [9.17, 15) is 4.79 Å². The number of hydrogen-bond donors (Lipinski definition) is 1. The molecule has 0 radical (unpaired) electrons. The lowest BCUT2D eigenvalue weighted by molar-refractivity contribution is 0.0667. The van der Waals surface area contributed by atoms with E-state index >= 15 is 0 Å². The maximum absolute atomic E-state index is 12.8. The molecule has 0 fully saturated rings. The molecule has 0 bridgehead atoms. The third kappa shape index (κ3) is 3.32. The van der Waals surface area contributed by atoms with E-state index in [1.165, 1.54) is 11.1 Å². The number of anilines is 1. The maximum Gasteiger partial charge on any atom is 0.412 e. The van der Waals surface area contributed by atoms with Gasteiger partial charge in [0.2, 0.25) is 0 Å². The number of nitrogens with zero attached hydrogens (tertiary/aromatic N) is 1. The van der Waals surface area contributed by atoms with E-state index in [1.807, 2.05) is 54.6 Å². The van der Waals surface area contributed by atoms with Crippen LogP contribution in [0.1, 0.15) is 24.0 Å². The zero-order valence-corrected chi connectivity index (χ0v) is 19.4. The number of nitrogens with one attached hydrogen (secondary N) is 1. The van der Waals surface area contributed by atoms with E-state index in [4.69, 9.17) is 14.2 Å². The Kier molecular flexibility index (Phi) is 4.99. The molecule has 3 unspecified atom stereocenters. The molecule has 6 nitrogen and oxygen atoms in total. The molecule has 2 aliphatic heterocycles.